The van der Waals surface area contributed by atoms with Gasteiger partial charge in [-0.05, 0) is 85.1 Å². The van der Waals surface area contributed by atoms with Crippen LogP contribution < -0.4 is 14.9 Å². The minimum atomic E-state index is -4.45. The molecule has 266 valence electrons. The highest BCUT2D eigenvalue weighted by Crippen LogP contribution is 2.30. The maximum atomic E-state index is 13.6. The summed E-state index contributed by atoms with van der Waals surface area (Å²) < 4.78 is 54.0. The summed E-state index contributed by atoms with van der Waals surface area (Å²) in [7, 11) is -2.46. The van der Waals surface area contributed by atoms with Gasteiger partial charge in [0.2, 0.25) is 0 Å². The van der Waals surface area contributed by atoms with E-state index in [0.717, 1.165) is 47.4 Å². The SMILES string of the molecule is C=S1(=O)CCCN1c1cc(CCC)cc(C(=O)NC(Cc2ccccc2)C(=O)CNCc2cccc(C(F)(F)F)c2)c1.Cc1ccc(S)cc1. The summed E-state index contributed by atoms with van der Waals surface area (Å²) >= 11 is 4.13. The summed E-state index contributed by atoms with van der Waals surface area (Å²) in [6, 6.07) is 26.8. The van der Waals surface area contributed by atoms with Gasteiger partial charge in [-0.1, -0.05) is 79.6 Å². The molecule has 1 amide bonds. The van der Waals surface area contributed by atoms with Crippen LogP contribution in [0.3, 0.4) is 0 Å². The fourth-order valence-corrected chi connectivity index (χ4v) is 7.51. The third kappa shape index (κ3) is 11.5. The Labute approximate surface area is 299 Å². The van der Waals surface area contributed by atoms with Gasteiger partial charge in [0.25, 0.3) is 5.91 Å². The number of hydrogen-bond donors (Lipinski definition) is 3. The Hall–Kier alpha value is -4.06. The summed E-state index contributed by atoms with van der Waals surface area (Å²) in [5.41, 5.74) is 3.74. The van der Waals surface area contributed by atoms with E-state index in [1.807, 2.05) is 67.6 Å². The largest absolute Gasteiger partial charge is 0.416 e. The third-order valence-electron chi connectivity index (χ3n) is 8.19. The summed E-state index contributed by atoms with van der Waals surface area (Å²) in [5.74, 6) is 3.67. The van der Waals surface area contributed by atoms with E-state index in [1.165, 1.54) is 11.6 Å². The van der Waals surface area contributed by atoms with Crippen molar-refractivity contribution in [2.75, 3.05) is 23.1 Å². The van der Waals surface area contributed by atoms with Crippen LogP contribution in [0.15, 0.2) is 102 Å². The average molecular weight is 724 g/mol. The molecule has 0 aromatic heterocycles. The van der Waals surface area contributed by atoms with Crippen molar-refractivity contribution in [2.45, 2.75) is 63.2 Å². The zero-order valence-electron chi connectivity index (χ0n) is 28.3. The van der Waals surface area contributed by atoms with Crippen LogP contribution >= 0.6 is 12.6 Å². The first-order valence-electron chi connectivity index (χ1n) is 16.5. The number of alkyl halides is 3. The molecule has 2 N–H and O–H groups in total. The minimum Gasteiger partial charge on any atom is -0.342 e. The molecule has 0 spiro atoms. The zero-order chi connectivity index (χ0) is 36.3. The van der Waals surface area contributed by atoms with Gasteiger partial charge in [-0.15, -0.1) is 12.6 Å². The predicted molar refractivity (Wildman–Crippen MR) is 201 cm³/mol. The van der Waals surface area contributed by atoms with Crippen LogP contribution in [0, 0.1) is 6.92 Å². The maximum Gasteiger partial charge on any atom is 0.416 e. The van der Waals surface area contributed by atoms with Crippen LogP contribution in [0.4, 0.5) is 18.9 Å². The van der Waals surface area contributed by atoms with Crippen LogP contribution in [0.1, 0.15) is 57.9 Å². The first kappa shape index (κ1) is 38.7. The molecule has 11 heteroatoms. The van der Waals surface area contributed by atoms with Crippen molar-refractivity contribution >= 4 is 45.6 Å². The molecule has 0 radical (unpaired) electrons. The monoisotopic (exact) mass is 723 g/mol. The summed E-state index contributed by atoms with van der Waals surface area (Å²) in [4.78, 5) is 27.9. The molecular weight excluding hydrogens is 680 g/mol. The van der Waals surface area contributed by atoms with E-state index < -0.39 is 33.4 Å². The molecule has 6 nitrogen and oxygen atoms in total. The number of ketones is 1. The van der Waals surface area contributed by atoms with E-state index >= 15 is 0 Å². The van der Waals surface area contributed by atoms with Gasteiger partial charge in [-0.3, -0.25) is 13.9 Å². The number of nitrogens with one attached hydrogen (secondary N) is 2. The maximum absolute atomic E-state index is 13.6. The van der Waals surface area contributed by atoms with Gasteiger partial charge in [0.15, 0.2) is 5.78 Å². The standard InChI is InChI=1S/C32H36F3N3O3S.C7H8S/c1-3-9-24-16-26(20-28(18-24)38-14-8-15-42(38,2)41)31(40)37-29(19-23-10-5-4-6-11-23)30(39)22-36-21-25-12-7-13-27(17-25)32(33,34)35;1-6-2-4-7(8)5-3-6/h4-7,10-13,16-18,20,29,36H,2-3,8-9,14-15,19,21-22H2,1H3,(H,37,40);2-5,8H,1H3. The molecule has 2 unspecified atom stereocenters. The van der Waals surface area contributed by atoms with E-state index in [4.69, 9.17) is 0 Å². The highest BCUT2D eigenvalue weighted by molar-refractivity contribution is 8.01. The van der Waals surface area contributed by atoms with Crippen LogP contribution in [-0.4, -0.2) is 46.7 Å². The molecule has 1 aliphatic rings. The second-order valence-electron chi connectivity index (χ2n) is 12.4. The Bertz CT molecular complexity index is 1830. The summed E-state index contributed by atoms with van der Waals surface area (Å²) in [6.07, 6.45) is -1.87. The minimum absolute atomic E-state index is 0.0598. The number of amides is 1. The topological polar surface area (TPSA) is 78.5 Å². The highest BCUT2D eigenvalue weighted by atomic mass is 32.2. The first-order chi connectivity index (χ1) is 23.7. The molecule has 4 aromatic carbocycles. The number of thiol groups is 1. The Balaban J connectivity index is 0.000000616. The lowest BCUT2D eigenvalue weighted by molar-refractivity contribution is -0.137. The lowest BCUT2D eigenvalue weighted by Crippen LogP contribution is -2.46. The van der Waals surface area contributed by atoms with E-state index in [1.54, 1.807) is 22.5 Å². The number of benzene rings is 4. The number of Topliss-reactive ketones (excluding diaryl/α,β-unsaturated/α-hetero) is 1. The molecule has 1 fully saturated rings. The second-order valence-corrected chi connectivity index (χ2v) is 15.3. The number of anilines is 1. The van der Waals surface area contributed by atoms with Crippen molar-refractivity contribution in [3.8, 4) is 0 Å². The van der Waals surface area contributed by atoms with Gasteiger partial charge in [-0.25, -0.2) is 4.21 Å². The second kappa shape index (κ2) is 17.7. The van der Waals surface area contributed by atoms with Crippen molar-refractivity contribution in [3.63, 3.8) is 0 Å². The number of nitrogens with zero attached hydrogens (tertiary/aromatic N) is 1. The highest BCUT2D eigenvalue weighted by Gasteiger charge is 2.30. The fraction of sp³-hybridized carbons (Fsp3) is 0.308. The number of halogens is 3. The van der Waals surface area contributed by atoms with Crippen molar-refractivity contribution < 1.29 is 27.0 Å². The molecule has 0 saturated carbocycles. The molecule has 2 atom stereocenters. The number of aryl methyl sites for hydroxylation is 2. The Kier molecular flexibility index (Phi) is 13.7. The Morgan fingerprint density at radius 3 is 2.26 bits per heavy atom. The summed E-state index contributed by atoms with van der Waals surface area (Å²) in [6.45, 7) is 4.60. The van der Waals surface area contributed by atoms with Gasteiger partial charge in [0.1, 0.15) is 0 Å². The molecule has 4 aromatic rings. The molecule has 0 bridgehead atoms. The molecule has 1 heterocycles. The van der Waals surface area contributed by atoms with Gasteiger partial charge >= 0.3 is 6.18 Å². The van der Waals surface area contributed by atoms with E-state index in [0.29, 0.717) is 29.1 Å². The molecular formula is C39H44F3N3O3S2. The number of carbonyl (C=O) groups excluding carboxylic acids is 2. The van der Waals surface area contributed by atoms with Gasteiger partial charge in [0, 0.05) is 44.7 Å². The van der Waals surface area contributed by atoms with Crippen molar-refractivity contribution in [3.05, 3.63) is 130 Å². The predicted octanol–water partition coefficient (Wildman–Crippen LogP) is 7.48. The third-order valence-corrected chi connectivity index (χ3v) is 10.6. The van der Waals surface area contributed by atoms with Gasteiger partial charge in [-0.2, -0.15) is 13.2 Å². The molecule has 1 saturated heterocycles. The lowest BCUT2D eigenvalue weighted by Gasteiger charge is -2.23. The molecule has 5 rings (SSSR count). The fourth-order valence-electron chi connectivity index (χ4n) is 5.61. The van der Waals surface area contributed by atoms with E-state index in [9.17, 15) is 27.0 Å². The number of hydrogen-bond acceptors (Lipinski definition) is 5. The van der Waals surface area contributed by atoms with Crippen molar-refractivity contribution in [2.24, 2.45) is 0 Å². The molecule has 1 aliphatic heterocycles. The quantitative estimate of drug-likeness (QED) is 0.105. The van der Waals surface area contributed by atoms with Crippen LogP contribution in [-0.2, 0) is 40.1 Å². The average Bonchev–Trinajstić information content (AvgIpc) is 3.45. The van der Waals surface area contributed by atoms with Crippen molar-refractivity contribution in [1.82, 2.24) is 10.6 Å². The van der Waals surface area contributed by atoms with Crippen LogP contribution in [0.5, 0.6) is 0 Å². The number of rotatable bonds is 12. The molecule has 50 heavy (non-hydrogen) atoms. The molecule has 0 aliphatic carbocycles. The normalized spacial score (nSPS) is 16.3. The van der Waals surface area contributed by atoms with Crippen LogP contribution in [0.25, 0.3) is 0 Å². The van der Waals surface area contributed by atoms with Gasteiger partial charge in [0.05, 0.1) is 18.2 Å². The van der Waals surface area contributed by atoms with E-state index in [-0.39, 0.29) is 25.3 Å². The summed E-state index contributed by atoms with van der Waals surface area (Å²) in [5, 5.41) is 5.81. The smallest absolute Gasteiger partial charge is 0.342 e. The first-order valence-corrected chi connectivity index (χ1v) is 18.8. The van der Waals surface area contributed by atoms with Crippen LogP contribution in [0.2, 0.25) is 0 Å². The number of carbonyl (C=O) groups is 2. The lowest BCUT2D eigenvalue weighted by atomic mass is 10.0. The Morgan fingerprint density at radius 1 is 0.940 bits per heavy atom. The van der Waals surface area contributed by atoms with Crippen molar-refractivity contribution in [1.29, 1.82) is 0 Å². The zero-order valence-corrected chi connectivity index (χ0v) is 30.1. The van der Waals surface area contributed by atoms with Gasteiger partial charge < -0.3 is 10.6 Å². The Morgan fingerprint density at radius 2 is 1.64 bits per heavy atom. The van der Waals surface area contributed by atoms with E-state index in [2.05, 4.69) is 36.1 Å².